The van der Waals surface area contributed by atoms with E-state index in [2.05, 4.69) is 38.0 Å². The van der Waals surface area contributed by atoms with Crippen LogP contribution in [-0.2, 0) is 0 Å². The number of aryl methyl sites for hydroxylation is 1. The number of hydrogen-bond donors (Lipinski definition) is 1. The zero-order valence-corrected chi connectivity index (χ0v) is 14.2. The third kappa shape index (κ3) is 5.03. The Labute approximate surface area is 129 Å². The van der Waals surface area contributed by atoms with E-state index >= 15 is 0 Å². The summed E-state index contributed by atoms with van der Waals surface area (Å²) in [5, 5.41) is 3.33. The SMILES string of the molecule is CCCNc1cc(C)ncc1C(=O)N(C)C(C)CC(C)C. The predicted molar refractivity (Wildman–Crippen MR) is 88.8 cm³/mol. The number of hydrogen-bond acceptors (Lipinski definition) is 3. The van der Waals surface area contributed by atoms with Crippen LogP contribution in [-0.4, -0.2) is 35.4 Å². The first-order chi connectivity index (χ1) is 9.86. The van der Waals surface area contributed by atoms with Gasteiger partial charge in [0.05, 0.1) is 11.3 Å². The molecule has 118 valence electrons. The molecule has 1 heterocycles. The maximum Gasteiger partial charge on any atom is 0.257 e. The van der Waals surface area contributed by atoms with Crippen LogP contribution in [0.2, 0.25) is 0 Å². The lowest BCUT2D eigenvalue weighted by Gasteiger charge is -2.27. The second kappa shape index (κ2) is 8.01. The number of rotatable bonds is 7. The molecule has 0 saturated carbocycles. The minimum atomic E-state index is 0.0363. The first-order valence-electron chi connectivity index (χ1n) is 7.84. The zero-order chi connectivity index (χ0) is 16.0. The molecule has 0 radical (unpaired) electrons. The predicted octanol–water partition coefficient (Wildman–Crippen LogP) is 3.72. The van der Waals surface area contributed by atoms with E-state index in [4.69, 9.17) is 0 Å². The number of nitrogens with one attached hydrogen (secondary N) is 1. The van der Waals surface area contributed by atoms with E-state index in [1.54, 1.807) is 6.20 Å². The van der Waals surface area contributed by atoms with Gasteiger partial charge in [-0.3, -0.25) is 9.78 Å². The topological polar surface area (TPSA) is 45.2 Å². The van der Waals surface area contributed by atoms with Crippen LogP contribution in [0, 0.1) is 12.8 Å². The summed E-state index contributed by atoms with van der Waals surface area (Å²) in [5.41, 5.74) is 2.47. The molecule has 1 aromatic heterocycles. The van der Waals surface area contributed by atoms with Crippen LogP contribution in [0.25, 0.3) is 0 Å². The van der Waals surface area contributed by atoms with Crippen molar-refractivity contribution in [3.05, 3.63) is 23.5 Å². The quantitative estimate of drug-likeness (QED) is 0.832. The molecule has 1 N–H and O–H groups in total. The molecule has 0 bridgehead atoms. The molecule has 1 unspecified atom stereocenters. The van der Waals surface area contributed by atoms with Gasteiger partial charge in [0.15, 0.2) is 0 Å². The molecule has 21 heavy (non-hydrogen) atoms. The van der Waals surface area contributed by atoms with Crippen LogP contribution < -0.4 is 5.32 Å². The van der Waals surface area contributed by atoms with E-state index in [9.17, 15) is 4.79 Å². The van der Waals surface area contributed by atoms with Gasteiger partial charge in [0, 0.05) is 31.5 Å². The third-order valence-electron chi connectivity index (χ3n) is 3.63. The molecule has 0 fully saturated rings. The van der Waals surface area contributed by atoms with Crippen molar-refractivity contribution in [3.63, 3.8) is 0 Å². The fraction of sp³-hybridized carbons (Fsp3) is 0.647. The van der Waals surface area contributed by atoms with Gasteiger partial charge in [-0.15, -0.1) is 0 Å². The summed E-state index contributed by atoms with van der Waals surface area (Å²) in [6.07, 6.45) is 3.71. The summed E-state index contributed by atoms with van der Waals surface area (Å²) in [4.78, 5) is 18.8. The summed E-state index contributed by atoms with van der Waals surface area (Å²) < 4.78 is 0. The molecule has 0 spiro atoms. The molecular weight excluding hydrogens is 262 g/mol. The average molecular weight is 291 g/mol. The Morgan fingerprint density at radius 2 is 2.05 bits per heavy atom. The normalized spacial score (nSPS) is 12.3. The molecule has 1 atom stereocenters. The van der Waals surface area contributed by atoms with Gasteiger partial charge in [-0.25, -0.2) is 0 Å². The highest BCUT2D eigenvalue weighted by molar-refractivity contribution is 5.99. The number of carbonyl (C=O) groups is 1. The molecule has 1 aromatic rings. The number of nitrogens with zero attached hydrogens (tertiary/aromatic N) is 2. The number of aromatic nitrogens is 1. The number of carbonyl (C=O) groups excluding carboxylic acids is 1. The minimum absolute atomic E-state index is 0.0363. The van der Waals surface area contributed by atoms with Crippen molar-refractivity contribution in [2.24, 2.45) is 5.92 Å². The first kappa shape index (κ1) is 17.5. The molecule has 0 aromatic carbocycles. The van der Waals surface area contributed by atoms with Gasteiger partial charge >= 0.3 is 0 Å². The summed E-state index contributed by atoms with van der Waals surface area (Å²) in [6.45, 7) is 11.4. The molecule has 0 aliphatic rings. The molecule has 4 nitrogen and oxygen atoms in total. The Bertz CT molecular complexity index is 471. The highest BCUT2D eigenvalue weighted by Gasteiger charge is 2.21. The lowest BCUT2D eigenvalue weighted by atomic mass is 10.0. The van der Waals surface area contributed by atoms with E-state index in [1.807, 2.05) is 24.9 Å². The summed E-state index contributed by atoms with van der Waals surface area (Å²) in [7, 11) is 1.87. The standard InChI is InChI=1S/C17H29N3O/c1-7-8-18-16-10-13(4)19-11-15(16)17(21)20(6)14(5)9-12(2)3/h10-12,14H,7-9H2,1-6H3,(H,18,19). The molecular formula is C17H29N3O. The van der Waals surface area contributed by atoms with E-state index in [0.29, 0.717) is 11.5 Å². The van der Waals surface area contributed by atoms with Crippen LogP contribution in [0.4, 0.5) is 5.69 Å². The van der Waals surface area contributed by atoms with Gasteiger partial charge in [0.1, 0.15) is 0 Å². The fourth-order valence-corrected chi connectivity index (χ4v) is 2.37. The van der Waals surface area contributed by atoms with Crippen molar-refractivity contribution in [1.29, 1.82) is 0 Å². The van der Waals surface area contributed by atoms with E-state index in [1.165, 1.54) is 0 Å². The smallest absolute Gasteiger partial charge is 0.257 e. The summed E-state index contributed by atoms with van der Waals surface area (Å²) in [5.74, 6) is 0.610. The van der Waals surface area contributed by atoms with Crippen molar-refractivity contribution in [2.75, 3.05) is 18.9 Å². The van der Waals surface area contributed by atoms with Gasteiger partial charge in [-0.1, -0.05) is 20.8 Å². The highest BCUT2D eigenvalue weighted by Crippen LogP contribution is 2.20. The maximum absolute atomic E-state index is 12.7. The Morgan fingerprint density at radius 3 is 2.62 bits per heavy atom. The van der Waals surface area contributed by atoms with Crippen LogP contribution in [0.5, 0.6) is 0 Å². The van der Waals surface area contributed by atoms with Gasteiger partial charge in [-0.2, -0.15) is 0 Å². The second-order valence-corrected chi connectivity index (χ2v) is 6.19. The van der Waals surface area contributed by atoms with Crippen LogP contribution in [0.15, 0.2) is 12.3 Å². The lowest BCUT2D eigenvalue weighted by molar-refractivity contribution is 0.0728. The van der Waals surface area contributed by atoms with Crippen LogP contribution in [0.1, 0.15) is 56.6 Å². The zero-order valence-electron chi connectivity index (χ0n) is 14.2. The van der Waals surface area contributed by atoms with Gasteiger partial charge in [-0.05, 0) is 38.7 Å². The van der Waals surface area contributed by atoms with Gasteiger partial charge < -0.3 is 10.2 Å². The average Bonchev–Trinajstić information content (AvgIpc) is 2.42. The van der Waals surface area contributed by atoms with Crippen molar-refractivity contribution in [2.45, 2.75) is 53.5 Å². The van der Waals surface area contributed by atoms with Gasteiger partial charge in [0.25, 0.3) is 5.91 Å². The molecule has 0 aliphatic heterocycles. The molecule has 4 heteroatoms. The first-order valence-corrected chi connectivity index (χ1v) is 7.84. The summed E-state index contributed by atoms with van der Waals surface area (Å²) in [6, 6.07) is 2.17. The third-order valence-corrected chi connectivity index (χ3v) is 3.63. The summed E-state index contributed by atoms with van der Waals surface area (Å²) >= 11 is 0. The maximum atomic E-state index is 12.7. The Kier molecular flexibility index (Phi) is 6.66. The van der Waals surface area contributed by atoms with Crippen molar-refractivity contribution in [3.8, 4) is 0 Å². The second-order valence-electron chi connectivity index (χ2n) is 6.19. The number of anilines is 1. The lowest BCUT2D eigenvalue weighted by Crippen LogP contribution is -2.36. The van der Waals surface area contributed by atoms with Crippen molar-refractivity contribution < 1.29 is 4.79 Å². The van der Waals surface area contributed by atoms with Crippen LogP contribution >= 0.6 is 0 Å². The Hall–Kier alpha value is -1.58. The van der Waals surface area contributed by atoms with Gasteiger partial charge in [0.2, 0.25) is 0 Å². The van der Waals surface area contributed by atoms with E-state index in [-0.39, 0.29) is 11.9 Å². The molecule has 1 amide bonds. The molecule has 1 rings (SSSR count). The molecule has 0 aliphatic carbocycles. The van der Waals surface area contributed by atoms with Crippen molar-refractivity contribution >= 4 is 11.6 Å². The fourth-order valence-electron chi connectivity index (χ4n) is 2.37. The monoisotopic (exact) mass is 291 g/mol. The van der Waals surface area contributed by atoms with Crippen LogP contribution in [0.3, 0.4) is 0 Å². The Balaban J connectivity index is 2.95. The minimum Gasteiger partial charge on any atom is -0.384 e. The highest BCUT2D eigenvalue weighted by atomic mass is 16.2. The largest absolute Gasteiger partial charge is 0.384 e. The Morgan fingerprint density at radius 1 is 1.38 bits per heavy atom. The molecule has 0 saturated heterocycles. The van der Waals surface area contributed by atoms with E-state index < -0.39 is 0 Å². The van der Waals surface area contributed by atoms with E-state index in [0.717, 1.165) is 30.8 Å². The number of pyridine rings is 1. The number of amides is 1. The van der Waals surface area contributed by atoms with Crippen molar-refractivity contribution in [1.82, 2.24) is 9.88 Å².